The number of rotatable bonds is 3. The summed E-state index contributed by atoms with van der Waals surface area (Å²) in [5.41, 5.74) is -0.393. The maximum absolute atomic E-state index is 12.8. The zero-order chi connectivity index (χ0) is 25.7. The summed E-state index contributed by atoms with van der Waals surface area (Å²) in [6.07, 6.45) is 11.1. The number of carboxylic acid groups (broad SMARTS) is 1. The first-order valence-electron chi connectivity index (χ1n) is 14.0. The predicted molar refractivity (Wildman–Crippen MR) is 134 cm³/mol. The number of aldehydes is 1. The van der Waals surface area contributed by atoms with Crippen molar-refractivity contribution >= 4 is 12.3 Å². The summed E-state index contributed by atoms with van der Waals surface area (Å²) in [6.45, 7) is 11.4. The van der Waals surface area contributed by atoms with Crippen LogP contribution in [0.3, 0.4) is 0 Å². The average Bonchev–Trinajstić information content (AvgIpc) is 2.82. The van der Waals surface area contributed by atoms with Crippen LogP contribution in [0.4, 0.5) is 0 Å². The van der Waals surface area contributed by atoms with Gasteiger partial charge in [-0.15, -0.1) is 0 Å². The number of carbonyl (C=O) groups excluding carboxylic acids is 1. The molecule has 5 aliphatic carbocycles. The van der Waals surface area contributed by atoms with Crippen molar-refractivity contribution in [3.8, 4) is 0 Å². The van der Waals surface area contributed by atoms with Crippen LogP contribution in [0.15, 0.2) is 11.6 Å². The SMILES string of the molecule is C[C@]1(C=O)CC[C@]2(C(=O)O)CC[C@]3(C)C(=CC[C@@H]4[C@@]5(C)CC[C@H](O)[C@@](C)(CO)[C@@H]5CC[C@]43C)[C@@H]2C1. The molecule has 0 unspecified atom stereocenters. The number of allylic oxidation sites excluding steroid dienone is 2. The largest absolute Gasteiger partial charge is 0.481 e. The number of hydrogen-bond acceptors (Lipinski definition) is 4. The van der Waals surface area contributed by atoms with Crippen molar-refractivity contribution in [1.29, 1.82) is 0 Å². The molecule has 0 radical (unpaired) electrons. The van der Waals surface area contributed by atoms with Gasteiger partial charge in [0.2, 0.25) is 0 Å². The highest BCUT2D eigenvalue weighted by atomic mass is 16.4. The summed E-state index contributed by atoms with van der Waals surface area (Å²) in [4.78, 5) is 24.8. The van der Waals surface area contributed by atoms with Crippen molar-refractivity contribution < 1.29 is 24.9 Å². The van der Waals surface area contributed by atoms with Crippen LogP contribution in [0.25, 0.3) is 0 Å². The number of aliphatic hydroxyl groups is 2. The molecule has 0 aliphatic heterocycles. The molecule has 35 heavy (non-hydrogen) atoms. The maximum atomic E-state index is 12.8. The molecule has 4 fully saturated rings. The summed E-state index contributed by atoms with van der Waals surface area (Å²) in [5.74, 6) is -0.0578. The molecule has 196 valence electrons. The van der Waals surface area contributed by atoms with E-state index in [9.17, 15) is 24.9 Å². The Balaban J connectivity index is 1.60. The number of fused-ring (bicyclic) bond motifs is 7. The highest BCUT2D eigenvalue weighted by Gasteiger charge is 2.69. The van der Waals surface area contributed by atoms with Crippen molar-refractivity contribution in [3.05, 3.63) is 11.6 Å². The van der Waals surface area contributed by atoms with Crippen LogP contribution >= 0.6 is 0 Å². The molecule has 0 amide bonds. The van der Waals surface area contributed by atoms with E-state index in [0.717, 1.165) is 44.8 Å². The van der Waals surface area contributed by atoms with E-state index < -0.39 is 28.3 Å². The van der Waals surface area contributed by atoms with Crippen molar-refractivity contribution in [2.75, 3.05) is 6.61 Å². The number of carboxylic acids is 1. The Kier molecular flexibility index (Phi) is 5.57. The summed E-state index contributed by atoms with van der Waals surface area (Å²) < 4.78 is 0. The van der Waals surface area contributed by atoms with Crippen molar-refractivity contribution in [2.45, 2.75) is 105 Å². The van der Waals surface area contributed by atoms with Gasteiger partial charge in [0.1, 0.15) is 6.29 Å². The molecule has 0 aromatic rings. The Bertz CT molecular complexity index is 958. The molecule has 0 saturated heterocycles. The van der Waals surface area contributed by atoms with Gasteiger partial charge in [0.25, 0.3) is 0 Å². The second-order valence-corrected chi connectivity index (χ2v) is 14.5. The molecule has 5 aliphatic rings. The number of aliphatic carboxylic acids is 1. The smallest absolute Gasteiger partial charge is 0.310 e. The van der Waals surface area contributed by atoms with Gasteiger partial charge in [0.15, 0.2) is 0 Å². The minimum Gasteiger partial charge on any atom is -0.481 e. The highest BCUT2D eigenvalue weighted by Crippen LogP contribution is 2.75. The predicted octanol–water partition coefficient (Wildman–Crippen LogP) is 5.39. The number of aliphatic hydroxyl groups excluding tert-OH is 2. The van der Waals surface area contributed by atoms with E-state index >= 15 is 0 Å². The molecule has 10 atom stereocenters. The van der Waals surface area contributed by atoms with E-state index in [4.69, 9.17) is 0 Å². The van der Waals surface area contributed by atoms with Gasteiger partial charge < -0.3 is 20.1 Å². The molecule has 0 bridgehead atoms. The molecule has 4 saturated carbocycles. The Morgan fingerprint density at radius 2 is 1.69 bits per heavy atom. The van der Waals surface area contributed by atoms with E-state index in [0.29, 0.717) is 31.6 Å². The molecule has 5 rings (SSSR count). The lowest BCUT2D eigenvalue weighted by Gasteiger charge is -2.71. The first-order chi connectivity index (χ1) is 16.3. The first kappa shape index (κ1) is 25.4. The lowest BCUT2D eigenvalue weighted by Crippen LogP contribution is -2.66. The molecule has 5 nitrogen and oxygen atoms in total. The third-order valence-electron chi connectivity index (χ3n) is 13.3. The van der Waals surface area contributed by atoms with Crippen LogP contribution in [0.5, 0.6) is 0 Å². The fourth-order valence-electron chi connectivity index (χ4n) is 10.6. The Labute approximate surface area is 210 Å². The molecular formula is C30H46O5. The second-order valence-electron chi connectivity index (χ2n) is 14.5. The highest BCUT2D eigenvalue weighted by molar-refractivity contribution is 5.77. The van der Waals surface area contributed by atoms with Gasteiger partial charge in [-0.25, -0.2) is 0 Å². The standard InChI is InChI=1S/C30H46O5/c1-25(17-31)12-14-30(24(34)35)15-13-28(4)19(20(30)16-25)6-7-22-26(2)10-9-23(33)27(3,18-32)21(26)8-11-29(22,28)5/h6,17,20-23,32-33H,7-16,18H2,1-5H3,(H,34,35)/t20-,21+,22+,23-,25-,26-,27-,28+,29+,30-/m0/s1. The van der Waals surface area contributed by atoms with Crippen LogP contribution in [0.1, 0.15) is 98.8 Å². The molecule has 0 aromatic carbocycles. The Morgan fingerprint density at radius 3 is 2.31 bits per heavy atom. The van der Waals surface area contributed by atoms with E-state index in [2.05, 4.69) is 33.8 Å². The third-order valence-corrected chi connectivity index (χ3v) is 13.3. The Morgan fingerprint density at radius 1 is 1.00 bits per heavy atom. The quantitative estimate of drug-likeness (QED) is 0.367. The van der Waals surface area contributed by atoms with Gasteiger partial charge in [0, 0.05) is 10.8 Å². The summed E-state index contributed by atoms with van der Waals surface area (Å²) >= 11 is 0. The molecular weight excluding hydrogens is 440 g/mol. The minimum atomic E-state index is -0.747. The fourth-order valence-corrected chi connectivity index (χ4v) is 10.6. The van der Waals surface area contributed by atoms with Gasteiger partial charge in [-0.05, 0) is 98.2 Å². The van der Waals surface area contributed by atoms with Crippen LogP contribution in [-0.4, -0.2) is 40.3 Å². The van der Waals surface area contributed by atoms with E-state index in [1.54, 1.807) is 0 Å². The lowest BCUT2D eigenvalue weighted by molar-refractivity contribution is -0.216. The van der Waals surface area contributed by atoms with E-state index in [-0.39, 0.29) is 34.7 Å². The topological polar surface area (TPSA) is 94.8 Å². The van der Waals surface area contributed by atoms with Crippen molar-refractivity contribution in [2.24, 2.45) is 50.2 Å². The van der Waals surface area contributed by atoms with Gasteiger partial charge >= 0.3 is 5.97 Å². The van der Waals surface area contributed by atoms with Gasteiger partial charge in [-0.2, -0.15) is 0 Å². The van der Waals surface area contributed by atoms with Crippen molar-refractivity contribution in [1.82, 2.24) is 0 Å². The van der Waals surface area contributed by atoms with E-state index in [1.807, 2.05) is 6.92 Å². The van der Waals surface area contributed by atoms with Crippen LogP contribution in [0, 0.1) is 50.2 Å². The first-order valence-corrected chi connectivity index (χ1v) is 14.0. The monoisotopic (exact) mass is 486 g/mol. The third kappa shape index (κ3) is 3.00. The van der Waals surface area contributed by atoms with E-state index in [1.165, 1.54) is 5.57 Å². The number of carbonyl (C=O) groups is 2. The van der Waals surface area contributed by atoms with Crippen LogP contribution in [-0.2, 0) is 9.59 Å². The molecule has 0 spiro atoms. The van der Waals surface area contributed by atoms with Gasteiger partial charge in [-0.3, -0.25) is 4.79 Å². The van der Waals surface area contributed by atoms with Crippen LogP contribution < -0.4 is 0 Å². The lowest BCUT2D eigenvalue weighted by atomic mass is 9.33. The summed E-state index contributed by atoms with van der Waals surface area (Å²) in [6, 6.07) is 0. The normalized spacial score (nSPS) is 55.5. The van der Waals surface area contributed by atoms with Gasteiger partial charge in [0.05, 0.1) is 18.1 Å². The fraction of sp³-hybridized carbons (Fsp3) is 0.867. The summed E-state index contributed by atoms with van der Waals surface area (Å²) in [5, 5.41) is 31.8. The minimum absolute atomic E-state index is 0.0176. The van der Waals surface area contributed by atoms with Crippen LogP contribution in [0.2, 0.25) is 0 Å². The zero-order valence-corrected chi connectivity index (χ0v) is 22.4. The average molecular weight is 487 g/mol. The molecule has 0 aromatic heterocycles. The van der Waals surface area contributed by atoms with Gasteiger partial charge in [-0.1, -0.05) is 46.3 Å². The number of hydrogen-bond donors (Lipinski definition) is 3. The maximum Gasteiger partial charge on any atom is 0.310 e. The Hall–Kier alpha value is -1.20. The second kappa shape index (κ2) is 7.66. The zero-order valence-electron chi connectivity index (χ0n) is 22.4. The molecule has 3 N–H and O–H groups in total. The molecule has 0 heterocycles. The summed E-state index contributed by atoms with van der Waals surface area (Å²) in [7, 11) is 0. The molecule has 5 heteroatoms. The van der Waals surface area contributed by atoms with Crippen molar-refractivity contribution in [3.63, 3.8) is 0 Å².